The Kier molecular flexibility index (Phi) is 13.9. The first-order valence-corrected chi connectivity index (χ1v) is 13.3. The molecule has 6 N–H and O–H groups in total. The molecule has 196 valence electrons. The molecule has 7 heteroatoms. The van der Waals surface area contributed by atoms with Crippen LogP contribution in [-0.2, 0) is 11.2 Å². The molecule has 0 saturated carbocycles. The van der Waals surface area contributed by atoms with E-state index >= 15 is 0 Å². The molecular weight excluding hydrogens is 434 g/mol. The van der Waals surface area contributed by atoms with E-state index in [0.717, 1.165) is 18.4 Å². The van der Waals surface area contributed by atoms with Crippen molar-refractivity contribution >= 4 is 5.69 Å². The van der Waals surface area contributed by atoms with E-state index < -0.39 is 37.3 Å². The van der Waals surface area contributed by atoms with Gasteiger partial charge >= 0.3 is 0 Å². The Bertz CT molecular complexity index is 671. The fourth-order valence-electron chi connectivity index (χ4n) is 4.47. The van der Waals surface area contributed by atoms with E-state index in [1.807, 2.05) is 12.1 Å². The molecule has 1 fully saturated rings. The molecule has 0 aromatic heterocycles. The van der Waals surface area contributed by atoms with Gasteiger partial charge in [-0.05, 0) is 30.5 Å². The second kappa shape index (κ2) is 16.3. The molecule has 0 unspecified atom stereocenters. The van der Waals surface area contributed by atoms with Crippen molar-refractivity contribution in [2.75, 3.05) is 12.3 Å². The van der Waals surface area contributed by atoms with Crippen LogP contribution in [0.4, 0.5) is 5.69 Å². The van der Waals surface area contributed by atoms with Crippen LogP contribution < -0.4 is 10.5 Å². The van der Waals surface area contributed by atoms with Gasteiger partial charge in [0.25, 0.3) is 0 Å². The lowest BCUT2D eigenvalue weighted by Gasteiger charge is -2.39. The summed E-state index contributed by atoms with van der Waals surface area (Å²) >= 11 is 0. The average molecular weight is 482 g/mol. The van der Waals surface area contributed by atoms with Gasteiger partial charge in [0, 0.05) is 0 Å². The highest BCUT2D eigenvalue weighted by Gasteiger charge is 2.44. The maximum atomic E-state index is 10.2. The number of nitrogen functional groups attached to an aromatic ring is 1. The summed E-state index contributed by atoms with van der Waals surface area (Å²) in [7, 11) is 0. The highest BCUT2D eigenvalue weighted by atomic mass is 16.7. The van der Waals surface area contributed by atoms with Gasteiger partial charge in [-0.25, -0.2) is 0 Å². The number of rotatable bonds is 17. The Morgan fingerprint density at radius 3 is 1.91 bits per heavy atom. The van der Waals surface area contributed by atoms with Crippen LogP contribution >= 0.6 is 0 Å². The van der Waals surface area contributed by atoms with E-state index in [4.69, 9.17) is 15.2 Å². The first kappa shape index (κ1) is 28.9. The molecule has 34 heavy (non-hydrogen) atoms. The molecule has 0 amide bonds. The van der Waals surface area contributed by atoms with Crippen molar-refractivity contribution in [3.8, 4) is 5.75 Å². The second-order valence-corrected chi connectivity index (χ2v) is 9.68. The van der Waals surface area contributed by atoms with Gasteiger partial charge in [-0.1, -0.05) is 90.0 Å². The normalized spacial score (nSPS) is 24.9. The van der Waals surface area contributed by atoms with Gasteiger partial charge in [0.1, 0.15) is 30.2 Å². The summed E-state index contributed by atoms with van der Waals surface area (Å²) in [4.78, 5) is 0. The van der Waals surface area contributed by atoms with Gasteiger partial charge in [-0.2, -0.15) is 0 Å². The molecule has 0 spiro atoms. The summed E-state index contributed by atoms with van der Waals surface area (Å²) in [5, 5.41) is 39.4. The van der Waals surface area contributed by atoms with E-state index in [1.165, 1.54) is 77.0 Å². The summed E-state index contributed by atoms with van der Waals surface area (Å²) in [5.41, 5.74) is 7.51. The van der Waals surface area contributed by atoms with E-state index in [2.05, 4.69) is 6.92 Å². The molecule has 1 saturated heterocycles. The first-order chi connectivity index (χ1) is 16.5. The molecule has 0 aliphatic carbocycles. The van der Waals surface area contributed by atoms with Crippen LogP contribution in [0.15, 0.2) is 18.2 Å². The smallest absolute Gasteiger partial charge is 0.229 e. The lowest BCUT2D eigenvalue weighted by Crippen LogP contribution is -2.60. The Morgan fingerprint density at radius 2 is 1.35 bits per heavy atom. The van der Waals surface area contributed by atoms with Crippen LogP contribution in [-0.4, -0.2) is 57.7 Å². The zero-order valence-electron chi connectivity index (χ0n) is 20.9. The van der Waals surface area contributed by atoms with E-state index in [0.29, 0.717) is 11.4 Å². The van der Waals surface area contributed by atoms with Crippen molar-refractivity contribution in [3.63, 3.8) is 0 Å². The van der Waals surface area contributed by atoms with Gasteiger partial charge < -0.3 is 35.6 Å². The summed E-state index contributed by atoms with van der Waals surface area (Å²) in [6, 6.07) is 5.56. The maximum Gasteiger partial charge on any atom is 0.229 e. The van der Waals surface area contributed by atoms with E-state index in [1.54, 1.807) is 6.07 Å². The zero-order valence-corrected chi connectivity index (χ0v) is 20.9. The lowest BCUT2D eigenvalue weighted by atomic mass is 9.99. The number of hydrogen-bond acceptors (Lipinski definition) is 7. The molecule has 1 aliphatic rings. The predicted molar refractivity (Wildman–Crippen MR) is 135 cm³/mol. The minimum atomic E-state index is -1.48. The lowest BCUT2D eigenvalue weighted by molar-refractivity contribution is -0.277. The number of aryl methyl sites for hydroxylation is 1. The molecule has 0 radical (unpaired) electrons. The molecule has 5 atom stereocenters. The number of hydrogen-bond donors (Lipinski definition) is 5. The van der Waals surface area contributed by atoms with Crippen LogP contribution in [0.2, 0.25) is 0 Å². The molecule has 2 rings (SSSR count). The minimum Gasteiger partial charge on any atom is -0.460 e. The Morgan fingerprint density at radius 1 is 0.794 bits per heavy atom. The Balaban J connectivity index is 1.65. The SMILES string of the molecule is CCCCCCCCCCCCCCCc1ccc(N)c(O[C@@H]2O[C@@H](CO)[C@@H](O)[C@@H](O)[C@@H]2O)c1. The second-order valence-electron chi connectivity index (χ2n) is 9.68. The van der Waals surface area contributed by atoms with Gasteiger partial charge in [0.05, 0.1) is 12.3 Å². The van der Waals surface area contributed by atoms with Gasteiger partial charge in [0.2, 0.25) is 6.29 Å². The van der Waals surface area contributed by atoms with Crippen LogP contribution in [0.3, 0.4) is 0 Å². The van der Waals surface area contributed by atoms with Gasteiger partial charge in [0.15, 0.2) is 0 Å². The molecule has 1 heterocycles. The number of nitrogens with two attached hydrogens (primary N) is 1. The largest absolute Gasteiger partial charge is 0.460 e. The fourth-order valence-corrected chi connectivity index (χ4v) is 4.47. The molecular formula is C27H47NO6. The van der Waals surface area contributed by atoms with Crippen LogP contribution in [0.1, 0.15) is 96.0 Å². The number of aliphatic hydroxyl groups is 4. The number of ether oxygens (including phenoxy) is 2. The maximum absolute atomic E-state index is 10.2. The average Bonchev–Trinajstić information content (AvgIpc) is 2.84. The third-order valence-electron chi connectivity index (χ3n) is 6.74. The van der Waals surface area contributed by atoms with Crippen LogP contribution in [0.25, 0.3) is 0 Å². The van der Waals surface area contributed by atoms with Gasteiger partial charge in [-0.15, -0.1) is 0 Å². The number of anilines is 1. The van der Waals surface area contributed by atoms with Crippen LogP contribution in [0, 0.1) is 0 Å². The quantitative estimate of drug-likeness (QED) is 0.168. The van der Waals surface area contributed by atoms with Crippen molar-refractivity contribution in [3.05, 3.63) is 23.8 Å². The van der Waals surface area contributed by atoms with Crippen molar-refractivity contribution in [1.82, 2.24) is 0 Å². The first-order valence-electron chi connectivity index (χ1n) is 13.3. The molecule has 1 aliphatic heterocycles. The number of unbranched alkanes of at least 4 members (excludes halogenated alkanes) is 12. The minimum absolute atomic E-state index is 0.358. The summed E-state index contributed by atoms with van der Waals surface area (Å²) in [5.74, 6) is 0.358. The van der Waals surface area contributed by atoms with Gasteiger partial charge in [-0.3, -0.25) is 0 Å². The summed E-state index contributed by atoms with van der Waals surface area (Å²) in [6.07, 6.45) is 11.4. The van der Waals surface area contributed by atoms with E-state index in [-0.39, 0.29) is 0 Å². The third-order valence-corrected chi connectivity index (χ3v) is 6.74. The highest BCUT2D eigenvalue weighted by molar-refractivity contribution is 5.54. The van der Waals surface area contributed by atoms with Crippen molar-refractivity contribution < 1.29 is 29.9 Å². The van der Waals surface area contributed by atoms with E-state index in [9.17, 15) is 20.4 Å². The standard InChI is InChI=1S/C27H47NO6/c1-2-3-4-5-6-7-8-9-10-11-12-13-14-15-20-16-17-21(28)22(18-20)33-27-26(32)25(31)24(30)23(19-29)34-27/h16-18,23-27,29-32H,2-15,19,28H2,1H3/t23-,24+,25+,26-,27+/m0/s1. The molecule has 7 nitrogen and oxygen atoms in total. The fraction of sp³-hybridized carbons (Fsp3) is 0.778. The third kappa shape index (κ3) is 9.70. The van der Waals surface area contributed by atoms with Crippen molar-refractivity contribution in [2.45, 2.75) is 128 Å². The Labute approximate surface area is 205 Å². The summed E-state index contributed by atoms with van der Waals surface area (Å²) < 4.78 is 11.2. The summed E-state index contributed by atoms with van der Waals surface area (Å²) in [6.45, 7) is 1.76. The monoisotopic (exact) mass is 481 g/mol. The van der Waals surface area contributed by atoms with Crippen molar-refractivity contribution in [2.24, 2.45) is 0 Å². The van der Waals surface area contributed by atoms with Crippen molar-refractivity contribution in [1.29, 1.82) is 0 Å². The topological polar surface area (TPSA) is 125 Å². The zero-order chi connectivity index (χ0) is 24.8. The Hall–Kier alpha value is -1.38. The molecule has 1 aromatic carbocycles. The van der Waals surface area contributed by atoms with Crippen LogP contribution in [0.5, 0.6) is 5.75 Å². The highest BCUT2D eigenvalue weighted by Crippen LogP contribution is 2.29. The number of benzene rings is 1. The molecule has 0 bridgehead atoms. The molecule has 1 aromatic rings. The predicted octanol–water partition coefficient (Wildman–Crippen LogP) is 4.08. The number of aliphatic hydroxyl groups excluding tert-OH is 4.